The number of hydrogen-bond acceptors (Lipinski definition) is 5. The van der Waals surface area contributed by atoms with Crippen molar-refractivity contribution in [2.45, 2.75) is 50.6 Å². The van der Waals surface area contributed by atoms with Gasteiger partial charge < -0.3 is 15.0 Å². The number of hydrogen-bond donors (Lipinski definition) is 1. The molecule has 2 unspecified atom stereocenters. The Bertz CT molecular complexity index is 1260. The third-order valence-electron chi connectivity index (χ3n) is 6.24. The van der Waals surface area contributed by atoms with Crippen molar-refractivity contribution in [2.75, 3.05) is 13.6 Å². The highest BCUT2D eigenvalue weighted by molar-refractivity contribution is 8.00. The molecule has 3 aromatic rings. The van der Waals surface area contributed by atoms with Crippen molar-refractivity contribution in [1.82, 2.24) is 10.2 Å². The largest absolute Gasteiger partial charge is 0.350 e. The zero-order chi connectivity index (χ0) is 26.8. The molecule has 4 rings (SSSR count). The van der Waals surface area contributed by atoms with E-state index in [-0.39, 0.29) is 29.9 Å². The van der Waals surface area contributed by atoms with Crippen LogP contribution in [-0.4, -0.2) is 40.0 Å². The third-order valence-corrected chi connectivity index (χ3v) is 7.45. The van der Waals surface area contributed by atoms with Crippen molar-refractivity contribution in [3.05, 3.63) is 89.5 Å². The summed E-state index contributed by atoms with van der Waals surface area (Å²) >= 11 is 0. The number of amides is 1. The Balaban J connectivity index is 0.000000284. The first kappa shape index (κ1) is 28.2. The lowest BCUT2D eigenvalue weighted by Crippen LogP contribution is -2.26. The minimum absolute atomic E-state index is 0.159. The lowest BCUT2D eigenvalue weighted by molar-refractivity contribution is -0.123. The third kappa shape index (κ3) is 8.30. The number of fused-ring (bicyclic) bond motifs is 1. The van der Waals surface area contributed by atoms with E-state index in [0.29, 0.717) is 4.90 Å². The highest BCUT2D eigenvalue weighted by atomic mass is 32.2. The molecule has 0 aliphatic carbocycles. The zero-order valence-electron chi connectivity index (χ0n) is 21.6. The Labute approximate surface area is 221 Å². The maximum atomic E-state index is 11.9. The van der Waals surface area contributed by atoms with Crippen molar-refractivity contribution < 1.29 is 18.6 Å². The highest BCUT2D eigenvalue weighted by Crippen LogP contribution is 2.24. The molecule has 6 nitrogen and oxygen atoms in total. The number of nitrogens with one attached hydrogen (secondary N) is 1. The lowest BCUT2D eigenvalue weighted by atomic mass is 10.0. The average molecular weight is 519 g/mol. The van der Waals surface area contributed by atoms with E-state index in [4.69, 9.17) is 0 Å². The summed E-state index contributed by atoms with van der Waals surface area (Å²) in [6.45, 7) is 5.51. The van der Waals surface area contributed by atoms with Crippen molar-refractivity contribution >= 4 is 28.1 Å². The first-order valence-corrected chi connectivity index (χ1v) is 13.5. The normalized spacial score (nSPS) is 14.4. The van der Waals surface area contributed by atoms with Crippen molar-refractivity contribution in [1.29, 1.82) is 0 Å². The first-order chi connectivity index (χ1) is 17.8. The second-order valence-corrected chi connectivity index (χ2v) is 10.7. The summed E-state index contributed by atoms with van der Waals surface area (Å²) in [7, 11) is 0.525. The van der Waals surface area contributed by atoms with Crippen LogP contribution in [0, 0.1) is 0 Å². The molecule has 37 heavy (non-hydrogen) atoms. The Hall–Kier alpha value is -3.42. The number of rotatable bonds is 7. The van der Waals surface area contributed by atoms with Crippen LogP contribution in [0.3, 0.4) is 0 Å². The van der Waals surface area contributed by atoms with Crippen LogP contribution in [-0.2, 0) is 38.1 Å². The van der Waals surface area contributed by atoms with Gasteiger partial charge in [-0.05, 0) is 60.3 Å². The van der Waals surface area contributed by atoms with Gasteiger partial charge in [0, 0.05) is 37.8 Å². The molecule has 3 aromatic carbocycles. The molecule has 0 fully saturated rings. The van der Waals surface area contributed by atoms with Gasteiger partial charge in [-0.1, -0.05) is 60.7 Å². The topological polar surface area (TPSA) is 83.5 Å². The molecular formula is C30H34N2O4S. The quantitative estimate of drug-likeness (QED) is 0.453. The summed E-state index contributed by atoms with van der Waals surface area (Å²) < 4.78 is 11.9. The SMILES string of the molecule is CC(=O)S(=O)c1cccc(-c2ccc(C(C)NC(=O)CCC=O)cc2)c1.CN1CCc2ccccc2C1. The second-order valence-electron chi connectivity index (χ2n) is 9.16. The molecule has 7 heteroatoms. The molecule has 0 saturated heterocycles. The summed E-state index contributed by atoms with van der Waals surface area (Å²) in [6, 6.07) is 23.3. The van der Waals surface area contributed by atoms with E-state index in [1.807, 2.05) is 37.3 Å². The van der Waals surface area contributed by atoms with Crippen LogP contribution in [0.1, 0.15) is 49.4 Å². The molecule has 1 heterocycles. The van der Waals surface area contributed by atoms with Gasteiger partial charge in [-0.2, -0.15) is 0 Å². The smallest absolute Gasteiger partial charge is 0.220 e. The minimum atomic E-state index is -1.65. The fourth-order valence-electron chi connectivity index (χ4n) is 4.14. The maximum absolute atomic E-state index is 11.9. The number of carbonyl (C=O) groups excluding carboxylic acids is 3. The van der Waals surface area contributed by atoms with Gasteiger partial charge in [0.25, 0.3) is 0 Å². The molecule has 1 aliphatic rings. The number of benzene rings is 3. The highest BCUT2D eigenvalue weighted by Gasteiger charge is 2.12. The van der Waals surface area contributed by atoms with Crippen LogP contribution in [0.4, 0.5) is 0 Å². The number of carbonyl (C=O) groups is 3. The standard InChI is InChI=1S/C20H21NO4S.C10H13N/c1-14(21-20(24)7-4-12-22)16-8-10-17(11-9-16)18-5-3-6-19(13-18)26(25)15(2)23;1-11-7-6-9-4-2-3-5-10(9)8-11/h3,5-6,8-14H,4,7H2,1-2H3,(H,21,24);2-5H,6-8H2,1H3. The molecule has 1 aliphatic heterocycles. The predicted molar refractivity (Wildman–Crippen MR) is 147 cm³/mol. The fraction of sp³-hybridized carbons (Fsp3) is 0.300. The van der Waals surface area contributed by atoms with E-state index in [1.165, 1.54) is 31.0 Å². The molecule has 1 amide bonds. The zero-order valence-corrected chi connectivity index (χ0v) is 22.4. The Kier molecular flexibility index (Phi) is 10.5. The molecule has 0 bridgehead atoms. The molecule has 2 atom stereocenters. The summed E-state index contributed by atoms with van der Waals surface area (Å²) in [4.78, 5) is 36.2. The Morgan fingerprint density at radius 2 is 1.70 bits per heavy atom. The number of likely N-dealkylation sites (N-methyl/N-ethyl adjacent to an activating group) is 1. The molecule has 0 radical (unpaired) electrons. The summed E-state index contributed by atoms with van der Waals surface area (Å²) in [6.07, 6.45) is 2.35. The molecule has 0 saturated carbocycles. The van der Waals surface area contributed by atoms with Crippen LogP contribution in [0.15, 0.2) is 77.7 Å². The van der Waals surface area contributed by atoms with Crippen molar-refractivity contribution in [3.63, 3.8) is 0 Å². The Morgan fingerprint density at radius 1 is 1.00 bits per heavy atom. The average Bonchev–Trinajstić information content (AvgIpc) is 2.91. The summed E-state index contributed by atoms with van der Waals surface area (Å²) in [5.41, 5.74) is 5.77. The lowest BCUT2D eigenvalue weighted by Gasteiger charge is -2.24. The molecule has 0 aromatic heterocycles. The molecule has 194 valence electrons. The van der Waals surface area contributed by atoms with Gasteiger partial charge in [-0.15, -0.1) is 0 Å². The maximum Gasteiger partial charge on any atom is 0.220 e. The van der Waals surface area contributed by atoms with E-state index in [2.05, 4.69) is 41.5 Å². The van der Waals surface area contributed by atoms with Crippen LogP contribution < -0.4 is 5.32 Å². The van der Waals surface area contributed by atoms with Crippen LogP contribution in [0.5, 0.6) is 0 Å². The van der Waals surface area contributed by atoms with Gasteiger partial charge in [-0.3, -0.25) is 9.59 Å². The summed E-state index contributed by atoms with van der Waals surface area (Å²) in [5.74, 6) is -0.159. The summed E-state index contributed by atoms with van der Waals surface area (Å²) in [5, 5.41) is 2.47. The van der Waals surface area contributed by atoms with Gasteiger partial charge in [0.2, 0.25) is 11.0 Å². The number of nitrogens with zero attached hydrogens (tertiary/aromatic N) is 1. The Morgan fingerprint density at radius 3 is 2.38 bits per heavy atom. The molecule has 0 spiro atoms. The molecular weight excluding hydrogens is 484 g/mol. The van der Waals surface area contributed by atoms with Crippen molar-refractivity contribution in [3.8, 4) is 11.1 Å². The van der Waals surface area contributed by atoms with Crippen LogP contribution >= 0.6 is 0 Å². The minimum Gasteiger partial charge on any atom is -0.350 e. The van der Waals surface area contributed by atoms with E-state index >= 15 is 0 Å². The van der Waals surface area contributed by atoms with Gasteiger partial charge in [0.05, 0.1) is 6.04 Å². The van der Waals surface area contributed by atoms with Gasteiger partial charge in [0.15, 0.2) is 0 Å². The first-order valence-electron chi connectivity index (χ1n) is 12.4. The fourth-order valence-corrected chi connectivity index (χ4v) is 4.91. The molecule has 1 N–H and O–H groups in total. The van der Waals surface area contributed by atoms with Gasteiger partial charge >= 0.3 is 0 Å². The van der Waals surface area contributed by atoms with E-state index in [0.717, 1.165) is 29.5 Å². The monoisotopic (exact) mass is 518 g/mol. The van der Waals surface area contributed by atoms with E-state index < -0.39 is 10.8 Å². The van der Waals surface area contributed by atoms with E-state index in [9.17, 15) is 18.6 Å². The second kappa shape index (κ2) is 13.8. The van der Waals surface area contributed by atoms with Crippen LogP contribution in [0.25, 0.3) is 11.1 Å². The van der Waals surface area contributed by atoms with E-state index in [1.54, 1.807) is 18.2 Å². The van der Waals surface area contributed by atoms with Gasteiger partial charge in [0.1, 0.15) is 17.1 Å². The van der Waals surface area contributed by atoms with Gasteiger partial charge in [-0.25, -0.2) is 4.21 Å². The number of aldehydes is 1. The van der Waals surface area contributed by atoms with Crippen molar-refractivity contribution in [2.24, 2.45) is 0 Å². The predicted octanol–water partition coefficient (Wildman–Crippen LogP) is 4.84. The van der Waals surface area contributed by atoms with Crippen LogP contribution in [0.2, 0.25) is 0 Å².